The van der Waals surface area contributed by atoms with Crippen LogP contribution in [-0.2, 0) is 6.42 Å². The molecule has 7 rings (SSSR count). The van der Waals surface area contributed by atoms with Gasteiger partial charge in [-0.15, -0.1) is 0 Å². The van der Waals surface area contributed by atoms with E-state index in [1.807, 2.05) is 30.3 Å². The number of alkyl halides is 1. The quantitative estimate of drug-likeness (QED) is 0.204. The second-order valence-corrected chi connectivity index (χ2v) is 10.7. The Labute approximate surface area is 230 Å². The van der Waals surface area contributed by atoms with Crippen LogP contribution in [0.5, 0.6) is 0 Å². The first-order valence-electron chi connectivity index (χ1n) is 13.8. The zero-order valence-corrected chi connectivity index (χ0v) is 22.5. The molecular formula is C38H33F. The van der Waals surface area contributed by atoms with Crippen molar-refractivity contribution in [2.24, 2.45) is 0 Å². The van der Waals surface area contributed by atoms with Crippen molar-refractivity contribution in [2.45, 2.75) is 38.3 Å². The third-order valence-electron chi connectivity index (χ3n) is 8.38. The highest BCUT2D eigenvalue weighted by Crippen LogP contribution is 2.52. The third kappa shape index (κ3) is 4.86. The summed E-state index contributed by atoms with van der Waals surface area (Å²) in [6, 6.07) is 46.0. The number of hydrogen-bond donors (Lipinski definition) is 0. The molecule has 3 unspecified atom stereocenters. The molecule has 192 valence electrons. The number of rotatable bonds is 2. The molecule has 0 nitrogen and oxygen atoms in total. The SMILES string of the molecule is Cc1ccccc1C.FC1c2ccc3c(ccc4ccccc43)c2CC(c2ccccc2)C1c1ccccc1. The fourth-order valence-electron chi connectivity index (χ4n) is 6.16. The topological polar surface area (TPSA) is 0 Å². The molecule has 0 saturated carbocycles. The molecule has 1 aliphatic carbocycles. The van der Waals surface area contributed by atoms with Crippen molar-refractivity contribution in [1.82, 2.24) is 0 Å². The van der Waals surface area contributed by atoms with Crippen molar-refractivity contribution in [2.75, 3.05) is 0 Å². The van der Waals surface area contributed by atoms with Crippen LogP contribution in [0.2, 0.25) is 0 Å². The summed E-state index contributed by atoms with van der Waals surface area (Å²) in [5.41, 5.74) is 7.04. The Hall–Kier alpha value is -4.23. The lowest BCUT2D eigenvalue weighted by atomic mass is 9.68. The first-order chi connectivity index (χ1) is 19.1. The summed E-state index contributed by atoms with van der Waals surface area (Å²) in [6.07, 6.45) is -0.193. The molecule has 0 fully saturated rings. The highest BCUT2D eigenvalue weighted by atomic mass is 19.1. The molecule has 1 aliphatic rings. The molecule has 0 N–H and O–H groups in total. The van der Waals surface area contributed by atoms with Gasteiger partial charge in [-0.2, -0.15) is 0 Å². The number of aryl methyl sites for hydroxylation is 2. The Morgan fingerprint density at radius 3 is 1.74 bits per heavy atom. The fraction of sp³-hybridized carbons (Fsp3) is 0.158. The maximum atomic E-state index is 16.3. The van der Waals surface area contributed by atoms with Gasteiger partial charge in [0.05, 0.1) is 0 Å². The van der Waals surface area contributed by atoms with E-state index in [1.54, 1.807) is 0 Å². The van der Waals surface area contributed by atoms with E-state index in [4.69, 9.17) is 0 Å². The zero-order valence-electron chi connectivity index (χ0n) is 22.5. The predicted octanol–water partition coefficient (Wildman–Crippen LogP) is 10.4. The maximum Gasteiger partial charge on any atom is 0.133 e. The van der Waals surface area contributed by atoms with Crippen molar-refractivity contribution in [3.05, 3.63) is 167 Å². The van der Waals surface area contributed by atoms with Crippen LogP contribution in [-0.4, -0.2) is 0 Å². The molecule has 6 aromatic carbocycles. The summed E-state index contributed by atoms with van der Waals surface area (Å²) in [7, 11) is 0. The van der Waals surface area contributed by atoms with E-state index in [-0.39, 0.29) is 11.8 Å². The minimum Gasteiger partial charge on any atom is -0.242 e. The molecule has 0 aromatic heterocycles. The summed E-state index contributed by atoms with van der Waals surface area (Å²) in [5, 5.41) is 4.87. The second-order valence-electron chi connectivity index (χ2n) is 10.7. The van der Waals surface area contributed by atoms with E-state index in [0.29, 0.717) is 0 Å². The van der Waals surface area contributed by atoms with Crippen LogP contribution in [0.1, 0.15) is 51.4 Å². The van der Waals surface area contributed by atoms with Gasteiger partial charge < -0.3 is 0 Å². The van der Waals surface area contributed by atoms with Gasteiger partial charge in [-0.05, 0) is 81.1 Å². The third-order valence-corrected chi connectivity index (χ3v) is 8.38. The summed E-state index contributed by atoms with van der Waals surface area (Å²) in [6.45, 7) is 4.24. The van der Waals surface area contributed by atoms with Gasteiger partial charge in [0, 0.05) is 5.92 Å². The van der Waals surface area contributed by atoms with Crippen molar-refractivity contribution in [1.29, 1.82) is 0 Å². The number of hydrogen-bond acceptors (Lipinski definition) is 0. The van der Waals surface area contributed by atoms with Crippen LogP contribution >= 0.6 is 0 Å². The van der Waals surface area contributed by atoms with Gasteiger partial charge >= 0.3 is 0 Å². The Morgan fingerprint density at radius 1 is 0.513 bits per heavy atom. The highest BCUT2D eigenvalue weighted by molar-refractivity contribution is 6.08. The molecule has 3 atom stereocenters. The molecule has 6 aromatic rings. The van der Waals surface area contributed by atoms with E-state index in [1.165, 1.54) is 38.2 Å². The Bertz CT molecular complexity index is 1700. The summed E-state index contributed by atoms with van der Waals surface area (Å²) in [4.78, 5) is 0. The maximum absolute atomic E-state index is 16.3. The van der Waals surface area contributed by atoms with Crippen LogP contribution in [0.3, 0.4) is 0 Å². The lowest BCUT2D eigenvalue weighted by Gasteiger charge is -2.37. The van der Waals surface area contributed by atoms with Crippen molar-refractivity contribution in [3.8, 4) is 0 Å². The van der Waals surface area contributed by atoms with E-state index >= 15 is 4.39 Å². The van der Waals surface area contributed by atoms with Crippen LogP contribution < -0.4 is 0 Å². The van der Waals surface area contributed by atoms with Crippen LogP contribution in [0, 0.1) is 13.8 Å². The highest BCUT2D eigenvalue weighted by Gasteiger charge is 2.39. The lowest BCUT2D eigenvalue weighted by molar-refractivity contribution is 0.243. The number of benzene rings is 6. The summed E-state index contributed by atoms with van der Waals surface area (Å²) in [5.74, 6) is -0.0859. The van der Waals surface area contributed by atoms with E-state index in [2.05, 4.69) is 117 Å². The smallest absolute Gasteiger partial charge is 0.133 e. The van der Waals surface area contributed by atoms with Crippen molar-refractivity contribution >= 4 is 21.5 Å². The molecule has 0 bridgehead atoms. The van der Waals surface area contributed by atoms with Gasteiger partial charge in [-0.1, -0.05) is 133 Å². The van der Waals surface area contributed by atoms with E-state index < -0.39 is 6.17 Å². The number of halogens is 1. The zero-order chi connectivity index (χ0) is 26.8. The van der Waals surface area contributed by atoms with Crippen LogP contribution in [0.25, 0.3) is 21.5 Å². The second kappa shape index (κ2) is 10.9. The van der Waals surface area contributed by atoms with Gasteiger partial charge in [0.2, 0.25) is 0 Å². The van der Waals surface area contributed by atoms with Gasteiger partial charge in [-0.25, -0.2) is 4.39 Å². The Balaban J connectivity index is 0.000000299. The standard InChI is InChI=1S/C30H23F.C8H10/c31-30-26-18-17-24-23-14-8-7-11-21(23)15-16-25(24)28(26)19-27(20-9-3-1-4-10-20)29(30)22-12-5-2-6-13-22;1-7-5-3-4-6-8(7)2/h1-18,27,29-30H,19H2;3-6H,1-2H3. The van der Waals surface area contributed by atoms with Gasteiger partial charge in [0.1, 0.15) is 6.17 Å². The first-order valence-corrected chi connectivity index (χ1v) is 13.8. The average molecular weight is 509 g/mol. The minimum atomic E-state index is -1.03. The molecule has 1 heteroatoms. The van der Waals surface area contributed by atoms with Crippen molar-refractivity contribution in [3.63, 3.8) is 0 Å². The molecule has 0 aliphatic heterocycles. The summed E-state index contributed by atoms with van der Waals surface area (Å²) >= 11 is 0. The number of fused-ring (bicyclic) bond motifs is 5. The minimum absolute atomic E-state index is 0.100. The van der Waals surface area contributed by atoms with E-state index in [0.717, 1.165) is 23.1 Å². The average Bonchev–Trinajstić information content (AvgIpc) is 2.99. The van der Waals surface area contributed by atoms with E-state index in [9.17, 15) is 0 Å². The molecular weight excluding hydrogens is 475 g/mol. The Kier molecular flexibility index (Phi) is 6.99. The van der Waals surface area contributed by atoms with Crippen molar-refractivity contribution < 1.29 is 4.39 Å². The molecule has 0 radical (unpaired) electrons. The molecule has 0 amide bonds. The monoisotopic (exact) mass is 508 g/mol. The molecule has 0 spiro atoms. The predicted molar refractivity (Wildman–Crippen MR) is 163 cm³/mol. The molecule has 0 heterocycles. The van der Waals surface area contributed by atoms with Gasteiger partial charge in [-0.3, -0.25) is 0 Å². The van der Waals surface area contributed by atoms with Gasteiger partial charge in [0.25, 0.3) is 0 Å². The van der Waals surface area contributed by atoms with Crippen LogP contribution in [0.15, 0.2) is 133 Å². The normalized spacial score (nSPS) is 18.3. The van der Waals surface area contributed by atoms with Crippen LogP contribution in [0.4, 0.5) is 4.39 Å². The largest absolute Gasteiger partial charge is 0.242 e. The molecule has 0 saturated heterocycles. The first kappa shape index (κ1) is 25.1. The Morgan fingerprint density at radius 2 is 1.08 bits per heavy atom. The fourth-order valence-corrected chi connectivity index (χ4v) is 6.16. The summed E-state index contributed by atoms with van der Waals surface area (Å²) < 4.78 is 16.3. The molecule has 39 heavy (non-hydrogen) atoms. The lowest BCUT2D eigenvalue weighted by Crippen LogP contribution is -2.25. The van der Waals surface area contributed by atoms with Gasteiger partial charge in [0.15, 0.2) is 0 Å².